The number of carbonyl (C=O) groups is 1. The van der Waals surface area contributed by atoms with Crippen LogP contribution in [0.3, 0.4) is 0 Å². The van der Waals surface area contributed by atoms with Gasteiger partial charge in [-0.2, -0.15) is 0 Å². The molecule has 6 nitrogen and oxygen atoms in total. The first-order valence-electron chi connectivity index (χ1n) is 7.71. The number of nitrogens with one attached hydrogen (secondary N) is 2. The van der Waals surface area contributed by atoms with E-state index in [-0.39, 0.29) is 23.4 Å². The lowest BCUT2D eigenvalue weighted by Gasteiger charge is -2.19. The molecule has 25 heavy (non-hydrogen) atoms. The van der Waals surface area contributed by atoms with Gasteiger partial charge in [-0.1, -0.05) is 6.07 Å². The van der Waals surface area contributed by atoms with Gasteiger partial charge in [-0.3, -0.25) is 15.1 Å². The van der Waals surface area contributed by atoms with Crippen LogP contribution in [0.25, 0.3) is 0 Å². The summed E-state index contributed by atoms with van der Waals surface area (Å²) in [5.41, 5.74) is 1.29. The van der Waals surface area contributed by atoms with Gasteiger partial charge in [-0.05, 0) is 37.6 Å². The van der Waals surface area contributed by atoms with Crippen molar-refractivity contribution in [2.45, 2.75) is 32.2 Å². The first kappa shape index (κ1) is 17.1. The standard InChI is InChI=1S/C17H17F2N3O3/c1-10(12-4-3-7-20-9-12)21-11(2)16(23)22-13-5-6-14-15(8-13)25-17(18,19)24-14/h3-11,21H,1-2H3,(H,22,23)/t10-,11?/m1/s1. The van der Waals surface area contributed by atoms with Crippen molar-refractivity contribution in [3.63, 3.8) is 0 Å². The second-order valence-electron chi connectivity index (χ2n) is 5.71. The third-order valence-electron chi connectivity index (χ3n) is 3.75. The van der Waals surface area contributed by atoms with E-state index in [1.165, 1.54) is 18.2 Å². The lowest BCUT2D eigenvalue weighted by molar-refractivity contribution is -0.286. The molecule has 0 radical (unpaired) electrons. The predicted molar refractivity (Wildman–Crippen MR) is 86.5 cm³/mol. The molecule has 1 aliphatic rings. The normalized spacial score (nSPS) is 17.0. The Morgan fingerprint density at radius 3 is 2.68 bits per heavy atom. The number of rotatable bonds is 5. The summed E-state index contributed by atoms with van der Waals surface area (Å²) in [5, 5.41) is 5.81. The van der Waals surface area contributed by atoms with Crippen LogP contribution in [-0.4, -0.2) is 23.2 Å². The van der Waals surface area contributed by atoms with Crippen molar-refractivity contribution in [2.24, 2.45) is 0 Å². The summed E-state index contributed by atoms with van der Waals surface area (Å²) >= 11 is 0. The van der Waals surface area contributed by atoms with Crippen LogP contribution in [0.1, 0.15) is 25.5 Å². The van der Waals surface area contributed by atoms with E-state index in [9.17, 15) is 13.6 Å². The molecule has 2 N–H and O–H groups in total. The first-order chi connectivity index (χ1) is 11.8. The number of hydrogen-bond acceptors (Lipinski definition) is 5. The number of amides is 1. The van der Waals surface area contributed by atoms with Crippen LogP contribution < -0.4 is 20.1 Å². The maximum Gasteiger partial charge on any atom is 0.586 e. The third kappa shape index (κ3) is 4.03. The summed E-state index contributed by atoms with van der Waals surface area (Å²) in [6.45, 7) is 3.63. The predicted octanol–water partition coefficient (Wildman–Crippen LogP) is 3.08. The molecule has 1 aromatic carbocycles. The number of aromatic nitrogens is 1. The zero-order chi connectivity index (χ0) is 18.0. The lowest BCUT2D eigenvalue weighted by Crippen LogP contribution is -2.39. The molecule has 0 bridgehead atoms. The highest BCUT2D eigenvalue weighted by atomic mass is 19.3. The van der Waals surface area contributed by atoms with Gasteiger partial charge in [0.1, 0.15) is 0 Å². The molecule has 3 rings (SSSR count). The molecule has 132 valence electrons. The van der Waals surface area contributed by atoms with E-state index in [0.717, 1.165) is 5.56 Å². The molecule has 1 unspecified atom stereocenters. The zero-order valence-corrected chi connectivity index (χ0v) is 13.6. The number of fused-ring (bicyclic) bond motifs is 1. The Bertz CT molecular complexity index is 771. The van der Waals surface area contributed by atoms with Gasteiger partial charge in [-0.25, -0.2) is 0 Å². The summed E-state index contributed by atoms with van der Waals surface area (Å²) < 4.78 is 34.7. The van der Waals surface area contributed by atoms with Crippen LogP contribution >= 0.6 is 0 Å². The maximum atomic E-state index is 13.0. The van der Waals surface area contributed by atoms with E-state index >= 15 is 0 Å². The summed E-state index contributed by atoms with van der Waals surface area (Å²) in [4.78, 5) is 16.3. The molecule has 0 fully saturated rings. The molecule has 0 saturated heterocycles. The highest BCUT2D eigenvalue weighted by Crippen LogP contribution is 2.42. The molecule has 0 aliphatic carbocycles. The monoisotopic (exact) mass is 349 g/mol. The van der Waals surface area contributed by atoms with Crippen molar-refractivity contribution in [2.75, 3.05) is 5.32 Å². The van der Waals surface area contributed by atoms with Crippen LogP contribution in [0.4, 0.5) is 14.5 Å². The molecule has 8 heteroatoms. The molecule has 1 amide bonds. The molecule has 0 saturated carbocycles. The second-order valence-corrected chi connectivity index (χ2v) is 5.71. The minimum atomic E-state index is -3.68. The number of benzene rings is 1. The van der Waals surface area contributed by atoms with Gasteiger partial charge in [0.25, 0.3) is 0 Å². The van der Waals surface area contributed by atoms with Gasteiger partial charge in [0.05, 0.1) is 6.04 Å². The Balaban J connectivity index is 1.61. The van der Waals surface area contributed by atoms with Crippen LogP contribution in [-0.2, 0) is 4.79 Å². The Kier molecular flexibility index (Phi) is 4.54. The van der Waals surface area contributed by atoms with E-state index in [1.54, 1.807) is 19.3 Å². The molecule has 2 atom stereocenters. The van der Waals surface area contributed by atoms with E-state index in [0.29, 0.717) is 5.69 Å². The average Bonchev–Trinajstić information content (AvgIpc) is 2.88. The number of pyridine rings is 1. The lowest BCUT2D eigenvalue weighted by atomic mass is 10.1. The van der Waals surface area contributed by atoms with E-state index in [2.05, 4.69) is 25.1 Å². The van der Waals surface area contributed by atoms with Crippen molar-refractivity contribution in [1.29, 1.82) is 0 Å². The Morgan fingerprint density at radius 2 is 1.96 bits per heavy atom. The molecule has 2 heterocycles. The number of carbonyl (C=O) groups excluding carboxylic acids is 1. The smallest absolute Gasteiger partial charge is 0.395 e. The zero-order valence-electron chi connectivity index (χ0n) is 13.6. The summed E-state index contributed by atoms with van der Waals surface area (Å²) in [6, 6.07) is 7.23. The Labute approximate surface area is 143 Å². The third-order valence-corrected chi connectivity index (χ3v) is 3.75. The Hall–Kier alpha value is -2.74. The van der Waals surface area contributed by atoms with Crippen LogP contribution in [0.15, 0.2) is 42.7 Å². The van der Waals surface area contributed by atoms with Gasteiger partial charge >= 0.3 is 6.29 Å². The highest BCUT2D eigenvalue weighted by Gasteiger charge is 2.43. The van der Waals surface area contributed by atoms with Crippen molar-refractivity contribution in [3.05, 3.63) is 48.3 Å². The van der Waals surface area contributed by atoms with Gasteiger partial charge in [0.15, 0.2) is 11.5 Å². The van der Waals surface area contributed by atoms with E-state index in [4.69, 9.17) is 0 Å². The van der Waals surface area contributed by atoms with Crippen molar-refractivity contribution in [3.8, 4) is 11.5 Å². The fourth-order valence-electron chi connectivity index (χ4n) is 2.46. The number of hydrogen-bond donors (Lipinski definition) is 2. The SMILES string of the molecule is CC(N[C@H](C)c1cccnc1)C(=O)Nc1ccc2c(c1)OC(F)(F)O2. The van der Waals surface area contributed by atoms with E-state index in [1.807, 2.05) is 19.1 Å². The first-order valence-corrected chi connectivity index (χ1v) is 7.71. The van der Waals surface area contributed by atoms with E-state index < -0.39 is 12.3 Å². The number of alkyl halides is 2. The molecule has 1 aliphatic heterocycles. The van der Waals surface area contributed by atoms with Crippen LogP contribution in [0, 0.1) is 0 Å². The van der Waals surface area contributed by atoms with Crippen molar-refractivity contribution >= 4 is 11.6 Å². The van der Waals surface area contributed by atoms with Gasteiger partial charge in [0.2, 0.25) is 5.91 Å². The molecular weight excluding hydrogens is 332 g/mol. The largest absolute Gasteiger partial charge is 0.586 e. The topological polar surface area (TPSA) is 72.5 Å². The van der Waals surface area contributed by atoms with Gasteiger partial charge in [0, 0.05) is 30.2 Å². The summed E-state index contributed by atoms with van der Waals surface area (Å²) in [5.74, 6) is -0.493. The number of ether oxygens (including phenoxy) is 2. The fraction of sp³-hybridized carbons (Fsp3) is 0.294. The Morgan fingerprint density at radius 1 is 1.20 bits per heavy atom. The number of halogens is 2. The number of nitrogens with zero attached hydrogens (tertiary/aromatic N) is 1. The quantitative estimate of drug-likeness (QED) is 0.868. The molecular formula is C17H17F2N3O3. The number of anilines is 1. The minimum absolute atomic E-state index is 0.0700. The summed E-state index contributed by atoms with van der Waals surface area (Å²) in [7, 11) is 0. The van der Waals surface area contributed by atoms with Crippen molar-refractivity contribution in [1.82, 2.24) is 10.3 Å². The molecule has 2 aromatic rings. The van der Waals surface area contributed by atoms with Gasteiger partial charge < -0.3 is 14.8 Å². The van der Waals surface area contributed by atoms with Crippen LogP contribution in [0.2, 0.25) is 0 Å². The average molecular weight is 349 g/mol. The summed E-state index contributed by atoms with van der Waals surface area (Å²) in [6.07, 6.45) is -0.283. The maximum absolute atomic E-state index is 13.0. The fourth-order valence-corrected chi connectivity index (χ4v) is 2.46. The molecule has 0 spiro atoms. The van der Waals surface area contributed by atoms with Gasteiger partial charge in [-0.15, -0.1) is 8.78 Å². The van der Waals surface area contributed by atoms with Crippen molar-refractivity contribution < 1.29 is 23.0 Å². The highest BCUT2D eigenvalue weighted by molar-refractivity contribution is 5.94. The van der Waals surface area contributed by atoms with Crippen LogP contribution in [0.5, 0.6) is 11.5 Å². The minimum Gasteiger partial charge on any atom is -0.395 e. The second kappa shape index (κ2) is 6.64. The molecule has 1 aromatic heterocycles.